The van der Waals surface area contributed by atoms with E-state index in [-0.39, 0.29) is 0 Å². The van der Waals surface area contributed by atoms with Crippen LogP contribution in [-0.4, -0.2) is 23.3 Å². The van der Waals surface area contributed by atoms with Gasteiger partial charge in [0.15, 0.2) is 0 Å². The van der Waals surface area contributed by atoms with Crippen molar-refractivity contribution in [3.05, 3.63) is 0 Å². The van der Waals surface area contributed by atoms with Crippen molar-refractivity contribution in [2.45, 2.75) is 33.1 Å². The second kappa shape index (κ2) is 3.78. The first-order chi connectivity index (χ1) is 5.73. The van der Waals surface area contributed by atoms with Crippen molar-refractivity contribution in [3.63, 3.8) is 0 Å². The molecule has 0 bridgehead atoms. The van der Waals surface area contributed by atoms with Gasteiger partial charge in [-0.15, -0.1) is 0 Å². The highest BCUT2D eigenvalue weighted by Crippen LogP contribution is 2.10. The van der Waals surface area contributed by atoms with Gasteiger partial charge in [0, 0.05) is 6.42 Å². The van der Waals surface area contributed by atoms with Gasteiger partial charge in [0.05, 0.1) is 0 Å². The van der Waals surface area contributed by atoms with E-state index in [4.69, 9.17) is 5.84 Å². The molecule has 4 heteroatoms. The third-order valence-electron chi connectivity index (χ3n) is 1.98. The summed E-state index contributed by atoms with van der Waals surface area (Å²) in [4.78, 5) is 0. The van der Waals surface area contributed by atoms with Crippen molar-refractivity contribution in [2.24, 2.45) is 16.0 Å². The average molecular weight is 169 g/mol. The quantitative estimate of drug-likeness (QED) is 0.499. The molecule has 2 N–H and O–H groups in total. The summed E-state index contributed by atoms with van der Waals surface area (Å²) in [6, 6.07) is 0. The Kier molecular flexibility index (Phi) is 2.94. The van der Waals surface area contributed by atoms with E-state index in [1.54, 1.807) is 6.34 Å². The van der Waals surface area contributed by atoms with E-state index in [2.05, 4.69) is 24.1 Å². The lowest BCUT2D eigenvalue weighted by Crippen LogP contribution is -2.56. The fourth-order valence-corrected chi connectivity index (χ4v) is 1.37. The van der Waals surface area contributed by atoms with Gasteiger partial charge < -0.3 is 0 Å². The summed E-state index contributed by atoms with van der Waals surface area (Å²) in [7, 11) is 0. The first kappa shape index (κ1) is 9.35. The number of rotatable bonds is 4. The molecule has 1 unspecified atom stereocenters. The molecule has 4 nitrogen and oxygen atoms in total. The molecule has 1 aliphatic heterocycles. The van der Waals surface area contributed by atoms with E-state index >= 15 is 0 Å². The zero-order chi connectivity index (χ0) is 9.03. The molecular formula is C8H17N4+. The summed E-state index contributed by atoms with van der Waals surface area (Å²) in [6.45, 7) is 5.13. The van der Waals surface area contributed by atoms with Crippen LogP contribution >= 0.6 is 0 Å². The minimum absolute atomic E-state index is 0.324. The topological polar surface area (TPSA) is 50.7 Å². The van der Waals surface area contributed by atoms with Gasteiger partial charge in [-0.1, -0.05) is 24.1 Å². The Morgan fingerprint density at radius 2 is 2.17 bits per heavy atom. The minimum Gasteiger partial charge on any atom is -0.168 e. The van der Waals surface area contributed by atoms with Crippen molar-refractivity contribution in [1.29, 1.82) is 0 Å². The molecule has 0 aromatic carbocycles. The molecule has 68 valence electrons. The monoisotopic (exact) mass is 169 g/mol. The second-order valence-corrected chi connectivity index (χ2v) is 3.15. The van der Waals surface area contributed by atoms with E-state index in [0.29, 0.717) is 4.59 Å². The van der Waals surface area contributed by atoms with E-state index in [0.717, 1.165) is 31.6 Å². The fourth-order valence-electron chi connectivity index (χ4n) is 1.37. The van der Waals surface area contributed by atoms with Crippen molar-refractivity contribution in [1.82, 2.24) is 0 Å². The third-order valence-corrected chi connectivity index (χ3v) is 1.98. The van der Waals surface area contributed by atoms with Crippen LogP contribution in [0.2, 0.25) is 0 Å². The number of quaternary nitrogens is 1. The van der Waals surface area contributed by atoms with Crippen LogP contribution in [0.4, 0.5) is 0 Å². The standard InChI is InChI=1S/C8H17N4/c1-3-5-8-11-10-7-12(8,9)6-4-2/h7H,3-6,9H2,1-2H3/q+1. The van der Waals surface area contributed by atoms with Gasteiger partial charge in [0.25, 0.3) is 0 Å². The fraction of sp³-hybridized carbons (Fsp3) is 0.750. The van der Waals surface area contributed by atoms with Crippen LogP contribution in [0.3, 0.4) is 0 Å². The molecule has 1 aliphatic rings. The number of amidine groups is 1. The molecule has 0 radical (unpaired) electrons. The van der Waals surface area contributed by atoms with Crippen LogP contribution in [0.1, 0.15) is 33.1 Å². The average Bonchev–Trinajstić information content (AvgIpc) is 2.35. The van der Waals surface area contributed by atoms with Gasteiger partial charge in [-0.3, -0.25) is 0 Å². The van der Waals surface area contributed by atoms with Gasteiger partial charge in [-0.25, -0.2) is 0 Å². The molecular weight excluding hydrogens is 152 g/mol. The van der Waals surface area contributed by atoms with Crippen LogP contribution in [0.5, 0.6) is 0 Å². The molecule has 0 aromatic rings. The molecule has 0 amide bonds. The molecule has 1 atom stereocenters. The number of nitrogens with two attached hydrogens (primary N) is 1. The highest BCUT2D eigenvalue weighted by molar-refractivity contribution is 5.84. The molecule has 0 saturated heterocycles. The smallest absolute Gasteiger partial charge is 0.168 e. The van der Waals surface area contributed by atoms with Gasteiger partial charge in [0.1, 0.15) is 6.54 Å². The molecule has 1 rings (SSSR count). The van der Waals surface area contributed by atoms with E-state index in [9.17, 15) is 0 Å². The Hall–Kier alpha value is -0.740. The van der Waals surface area contributed by atoms with E-state index in [1.807, 2.05) is 0 Å². The van der Waals surface area contributed by atoms with Crippen molar-refractivity contribution < 1.29 is 4.59 Å². The molecule has 12 heavy (non-hydrogen) atoms. The summed E-state index contributed by atoms with van der Waals surface area (Å²) >= 11 is 0. The summed E-state index contributed by atoms with van der Waals surface area (Å²) in [5, 5.41) is 7.90. The zero-order valence-corrected chi connectivity index (χ0v) is 7.82. The van der Waals surface area contributed by atoms with Gasteiger partial charge >= 0.3 is 0 Å². The van der Waals surface area contributed by atoms with Gasteiger partial charge in [-0.05, 0) is 12.8 Å². The Balaban J connectivity index is 2.64. The van der Waals surface area contributed by atoms with Gasteiger partial charge in [-0.2, -0.15) is 10.4 Å². The van der Waals surface area contributed by atoms with Crippen molar-refractivity contribution >= 4 is 12.2 Å². The lowest BCUT2D eigenvalue weighted by atomic mass is 10.3. The molecule has 0 spiro atoms. The predicted molar refractivity (Wildman–Crippen MR) is 50.4 cm³/mol. The van der Waals surface area contributed by atoms with E-state index in [1.165, 1.54) is 0 Å². The molecule has 1 heterocycles. The first-order valence-electron chi connectivity index (χ1n) is 4.51. The zero-order valence-electron chi connectivity index (χ0n) is 7.82. The Bertz CT molecular complexity index is 209. The normalized spacial score (nSPS) is 27.8. The van der Waals surface area contributed by atoms with Crippen molar-refractivity contribution in [3.8, 4) is 0 Å². The van der Waals surface area contributed by atoms with Crippen LogP contribution in [0, 0.1) is 0 Å². The van der Waals surface area contributed by atoms with Crippen LogP contribution < -0.4 is 5.84 Å². The summed E-state index contributed by atoms with van der Waals surface area (Å²) < 4.78 is 0.324. The lowest BCUT2D eigenvalue weighted by Gasteiger charge is -2.23. The Morgan fingerprint density at radius 1 is 1.42 bits per heavy atom. The Labute approximate surface area is 73.3 Å². The lowest BCUT2D eigenvalue weighted by molar-refractivity contribution is -0.752. The number of hydrogen-bond donors (Lipinski definition) is 1. The molecule has 0 aromatic heterocycles. The maximum absolute atomic E-state index is 6.06. The largest absolute Gasteiger partial charge is 0.247 e. The molecule has 0 aliphatic carbocycles. The van der Waals surface area contributed by atoms with Crippen LogP contribution in [-0.2, 0) is 0 Å². The summed E-state index contributed by atoms with van der Waals surface area (Å²) in [5.41, 5.74) is 0. The first-order valence-corrected chi connectivity index (χ1v) is 4.51. The maximum Gasteiger partial charge on any atom is 0.247 e. The van der Waals surface area contributed by atoms with Crippen LogP contribution in [0.25, 0.3) is 0 Å². The molecule has 0 saturated carbocycles. The molecule has 0 fully saturated rings. The number of hydrogen-bond acceptors (Lipinski definition) is 3. The minimum atomic E-state index is 0.324. The van der Waals surface area contributed by atoms with Crippen molar-refractivity contribution in [2.75, 3.05) is 6.54 Å². The predicted octanol–water partition coefficient (Wildman–Crippen LogP) is 1.24. The summed E-state index contributed by atoms with van der Waals surface area (Å²) in [6.07, 6.45) is 4.78. The maximum atomic E-state index is 6.06. The highest BCUT2D eigenvalue weighted by Gasteiger charge is 2.31. The van der Waals surface area contributed by atoms with Gasteiger partial charge in [0.2, 0.25) is 12.2 Å². The second-order valence-electron chi connectivity index (χ2n) is 3.15. The van der Waals surface area contributed by atoms with Crippen LogP contribution in [0.15, 0.2) is 10.2 Å². The number of nitrogens with zero attached hydrogens (tertiary/aromatic N) is 3. The third kappa shape index (κ3) is 1.70. The highest BCUT2D eigenvalue weighted by atomic mass is 15.7. The SMILES string of the molecule is CCCC1=NN=C[N+]1(N)CCC. The van der Waals surface area contributed by atoms with E-state index < -0.39 is 0 Å². The summed E-state index contributed by atoms with van der Waals surface area (Å²) in [5.74, 6) is 7.04. The Morgan fingerprint density at radius 3 is 2.75 bits per heavy atom.